The van der Waals surface area contributed by atoms with Crippen LogP contribution in [0.15, 0.2) is 48.7 Å². The average molecular weight is 448 g/mol. The van der Waals surface area contributed by atoms with Gasteiger partial charge in [-0.2, -0.15) is 0 Å². The lowest BCUT2D eigenvalue weighted by Crippen LogP contribution is -2.35. The highest BCUT2D eigenvalue weighted by atomic mass is 32.1. The SMILES string of the molecule is Cc1ccc(C)c(-n2c(C)cc([C@@H]3[C@@H](c4ccccn4)NC(=S)N3CCN(C)C)c2C)c1. The van der Waals surface area contributed by atoms with E-state index in [1.54, 1.807) is 0 Å². The monoisotopic (exact) mass is 447 g/mol. The molecule has 2 atom stereocenters. The number of hydrogen-bond acceptors (Lipinski definition) is 3. The van der Waals surface area contributed by atoms with Crippen LogP contribution in [0.3, 0.4) is 0 Å². The van der Waals surface area contributed by atoms with Crippen molar-refractivity contribution in [3.05, 3.63) is 82.4 Å². The minimum absolute atomic E-state index is 0.0124. The molecule has 0 unspecified atom stereocenters. The predicted molar refractivity (Wildman–Crippen MR) is 135 cm³/mol. The Morgan fingerprint density at radius 1 is 1.06 bits per heavy atom. The molecule has 1 aliphatic heterocycles. The summed E-state index contributed by atoms with van der Waals surface area (Å²) in [4.78, 5) is 9.22. The van der Waals surface area contributed by atoms with Crippen molar-refractivity contribution in [1.29, 1.82) is 0 Å². The molecule has 168 valence electrons. The summed E-state index contributed by atoms with van der Waals surface area (Å²) in [6, 6.07) is 15.2. The fourth-order valence-electron chi connectivity index (χ4n) is 4.71. The predicted octanol–water partition coefficient (Wildman–Crippen LogP) is 4.64. The van der Waals surface area contributed by atoms with Crippen molar-refractivity contribution in [3.8, 4) is 5.69 Å². The zero-order valence-corrected chi connectivity index (χ0v) is 20.7. The second kappa shape index (κ2) is 9.04. The van der Waals surface area contributed by atoms with Crippen molar-refractivity contribution in [1.82, 2.24) is 24.7 Å². The summed E-state index contributed by atoms with van der Waals surface area (Å²) in [5.74, 6) is 0. The minimum atomic E-state index is 0.0124. The molecule has 1 N–H and O–H groups in total. The summed E-state index contributed by atoms with van der Waals surface area (Å²) in [5.41, 5.74) is 8.58. The Bertz CT molecular complexity index is 1120. The first-order chi connectivity index (χ1) is 15.3. The van der Waals surface area contributed by atoms with E-state index >= 15 is 0 Å². The number of pyridine rings is 1. The highest BCUT2D eigenvalue weighted by Gasteiger charge is 2.41. The lowest BCUT2D eigenvalue weighted by Gasteiger charge is -2.29. The smallest absolute Gasteiger partial charge is 0.170 e. The zero-order valence-electron chi connectivity index (χ0n) is 19.9. The van der Waals surface area contributed by atoms with Crippen LogP contribution in [0.2, 0.25) is 0 Å². The van der Waals surface area contributed by atoms with Crippen molar-refractivity contribution in [2.75, 3.05) is 27.2 Å². The average Bonchev–Trinajstić information content (AvgIpc) is 3.24. The topological polar surface area (TPSA) is 36.3 Å². The van der Waals surface area contributed by atoms with Gasteiger partial charge in [0.05, 0.1) is 17.8 Å². The number of aromatic nitrogens is 2. The Balaban J connectivity index is 1.83. The summed E-state index contributed by atoms with van der Waals surface area (Å²) in [5, 5.41) is 4.37. The van der Waals surface area contributed by atoms with Gasteiger partial charge in [0.2, 0.25) is 0 Å². The molecule has 32 heavy (non-hydrogen) atoms. The molecule has 1 fully saturated rings. The third-order valence-electron chi connectivity index (χ3n) is 6.38. The van der Waals surface area contributed by atoms with Gasteiger partial charge in [-0.25, -0.2) is 0 Å². The molecular weight excluding hydrogens is 414 g/mol. The summed E-state index contributed by atoms with van der Waals surface area (Å²) < 4.78 is 2.39. The van der Waals surface area contributed by atoms with E-state index in [1.807, 2.05) is 18.3 Å². The van der Waals surface area contributed by atoms with Gasteiger partial charge >= 0.3 is 0 Å². The number of benzene rings is 1. The van der Waals surface area contributed by atoms with Crippen molar-refractivity contribution in [3.63, 3.8) is 0 Å². The van der Waals surface area contributed by atoms with Gasteiger partial charge in [0.25, 0.3) is 0 Å². The molecule has 0 spiro atoms. The van der Waals surface area contributed by atoms with Crippen LogP contribution >= 0.6 is 12.2 Å². The van der Waals surface area contributed by atoms with Crippen molar-refractivity contribution < 1.29 is 0 Å². The second-order valence-electron chi connectivity index (χ2n) is 9.08. The highest BCUT2D eigenvalue weighted by Crippen LogP contribution is 2.41. The number of nitrogens with zero attached hydrogens (tertiary/aromatic N) is 4. The van der Waals surface area contributed by atoms with E-state index in [4.69, 9.17) is 12.2 Å². The molecule has 5 nitrogen and oxygen atoms in total. The lowest BCUT2D eigenvalue weighted by molar-refractivity contribution is 0.277. The molecule has 4 rings (SSSR count). The molecule has 0 saturated carbocycles. The molecule has 2 aromatic heterocycles. The number of hydrogen-bond donors (Lipinski definition) is 1. The lowest BCUT2D eigenvalue weighted by atomic mass is 9.96. The third kappa shape index (κ3) is 4.17. The van der Waals surface area contributed by atoms with Crippen LogP contribution in [0.5, 0.6) is 0 Å². The summed E-state index contributed by atoms with van der Waals surface area (Å²) in [6.07, 6.45) is 1.86. The van der Waals surface area contributed by atoms with Gasteiger partial charge in [0, 0.05) is 36.4 Å². The quantitative estimate of drug-likeness (QED) is 0.557. The molecular formula is C26H33N5S. The molecule has 1 aromatic carbocycles. The number of thiocarbonyl (C=S) groups is 1. The normalized spacial score (nSPS) is 18.5. The molecule has 3 aromatic rings. The maximum absolute atomic E-state index is 5.82. The molecule has 0 amide bonds. The van der Waals surface area contributed by atoms with Gasteiger partial charge in [-0.05, 0) is 95.0 Å². The van der Waals surface area contributed by atoms with Gasteiger partial charge in [-0.3, -0.25) is 4.98 Å². The van der Waals surface area contributed by atoms with Crippen LogP contribution in [0.4, 0.5) is 0 Å². The Hall–Kier alpha value is -2.70. The fourth-order valence-corrected chi connectivity index (χ4v) is 5.04. The largest absolute Gasteiger partial charge is 0.352 e. The first-order valence-electron chi connectivity index (χ1n) is 11.2. The van der Waals surface area contributed by atoms with Crippen LogP contribution < -0.4 is 5.32 Å². The third-order valence-corrected chi connectivity index (χ3v) is 6.73. The highest BCUT2D eigenvalue weighted by molar-refractivity contribution is 7.80. The van der Waals surface area contributed by atoms with E-state index in [2.05, 4.69) is 96.8 Å². The van der Waals surface area contributed by atoms with Crippen LogP contribution in [0.1, 0.15) is 45.9 Å². The maximum Gasteiger partial charge on any atom is 0.170 e. The van der Waals surface area contributed by atoms with Crippen LogP contribution in [0.25, 0.3) is 5.69 Å². The molecule has 0 aliphatic carbocycles. The van der Waals surface area contributed by atoms with Gasteiger partial charge in [0.1, 0.15) is 0 Å². The second-order valence-corrected chi connectivity index (χ2v) is 9.46. The molecule has 1 saturated heterocycles. The van der Waals surface area contributed by atoms with Gasteiger partial charge in [-0.15, -0.1) is 0 Å². The number of aryl methyl sites for hydroxylation is 3. The number of likely N-dealkylation sites (N-methyl/N-ethyl adjacent to an activating group) is 1. The first-order valence-corrected chi connectivity index (χ1v) is 11.6. The first kappa shape index (κ1) is 22.5. The Kier molecular flexibility index (Phi) is 6.35. The van der Waals surface area contributed by atoms with Gasteiger partial charge < -0.3 is 19.7 Å². The Morgan fingerprint density at radius 3 is 2.53 bits per heavy atom. The van der Waals surface area contributed by atoms with Crippen molar-refractivity contribution >= 4 is 17.3 Å². The maximum atomic E-state index is 5.82. The van der Waals surface area contributed by atoms with E-state index in [1.165, 1.54) is 33.8 Å². The summed E-state index contributed by atoms with van der Waals surface area (Å²) in [7, 11) is 4.20. The molecule has 0 bridgehead atoms. The van der Waals surface area contributed by atoms with E-state index in [0.29, 0.717) is 0 Å². The van der Waals surface area contributed by atoms with E-state index in [-0.39, 0.29) is 12.1 Å². The van der Waals surface area contributed by atoms with Crippen LogP contribution in [-0.2, 0) is 0 Å². The fraction of sp³-hybridized carbons (Fsp3) is 0.385. The molecule has 6 heteroatoms. The van der Waals surface area contributed by atoms with Crippen LogP contribution in [-0.4, -0.2) is 51.6 Å². The summed E-state index contributed by atoms with van der Waals surface area (Å²) >= 11 is 5.82. The minimum Gasteiger partial charge on any atom is -0.352 e. The van der Waals surface area contributed by atoms with Crippen LogP contribution in [0, 0.1) is 27.7 Å². The molecule has 1 aliphatic rings. The Labute approximate surface area is 197 Å². The standard InChI is InChI=1S/C26H33N5S/c1-17-10-11-18(2)23(15-17)31-19(3)16-21(20(31)4)25-24(22-9-7-8-12-27-22)28-26(32)30(25)14-13-29(5)6/h7-12,15-16,24-25H,13-14H2,1-6H3,(H,28,32)/t24-,25-/m1/s1. The number of rotatable bonds is 6. The zero-order chi connectivity index (χ0) is 23.0. The Morgan fingerprint density at radius 2 is 1.84 bits per heavy atom. The molecule has 3 heterocycles. The van der Waals surface area contributed by atoms with E-state index in [0.717, 1.165) is 23.9 Å². The summed E-state index contributed by atoms with van der Waals surface area (Å²) in [6.45, 7) is 10.5. The van der Waals surface area contributed by atoms with Gasteiger partial charge in [-0.1, -0.05) is 18.2 Å². The van der Waals surface area contributed by atoms with Crippen molar-refractivity contribution in [2.24, 2.45) is 0 Å². The number of nitrogens with one attached hydrogen (secondary N) is 1. The van der Waals surface area contributed by atoms with E-state index < -0.39 is 0 Å². The van der Waals surface area contributed by atoms with Gasteiger partial charge in [0.15, 0.2) is 5.11 Å². The van der Waals surface area contributed by atoms with E-state index in [9.17, 15) is 0 Å². The molecule has 0 radical (unpaired) electrons. The van der Waals surface area contributed by atoms with Crippen molar-refractivity contribution in [2.45, 2.75) is 39.8 Å².